The van der Waals surface area contributed by atoms with Crippen molar-refractivity contribution in [1.82, 2.24) is 29.9 Å². The highest BCUT2D eigenvalue weighted by Crippen LogP contribution is 2.33. The first-order chi connectivity index (χ1) is 16.9. The Bertz CT molecular complexity index is 1590. The van der Waals surface area contributed by atoms with Crippen LogP contribution in [0.1, 0.15) is 11.7 Å². The number of aromatic nitrogens is 6. The second kappa shape index (κ2) is 9.53. The van der Waals surface area contributed by atoms with Crippen LogP contribution in [0.5, 0.6) is 5.88 Å². The zero-order chi connectivity index (χ0) is 24.5. The van der Waals surface area contributed by atoms with Crippen LogP contribution in [0.15, 0.2) is 63.8 Å². The van der Waals surface area contributed by atoms with Gasteiger partial charge in [-0.3, -0.25) is 14.3 Å². The Labute approximate surface area is 213 Å². The lowest BCUT2D eigenvalue weighted by molar-refractivity contribution is 0.451. The molecule has 0 atom stereocenters. The van der Waals surface area contributed by atoms with Gasteiger partial charge in [0.15, 0.2) is 11.7 Å². The normalized spacial score (nSPS) is 11.2. The van der Waals surface area contributed by atoms with E-state index in [0.717, 1.165) is 0 Å². The van der Waals surface area contributed by atoms with Crippen molar-refractivity contribution in [3.05, 3.63) is 91.7 Å². The number of pyridine rings is 1. The lowest BCUT2D eigenvalue weighted by atomic mass is 10.2. The molecular formula is C23H15Cl3N6O3. The Morgan fingerprint density at radius 2 is 1.74 bits per heavy atom. The molecule has 0 saturated heterocycles. The van der Waals surface area contributed by atoms with Crippen LogP contribution < -0.4 is 5.56 Å². The van der Waals surface area contributed by atoms with Gasteiger partial charge in [-0.15, -0.1) is 20.4 Å². The van der Waals surface area contributed by atoms with Gasteiger partial charge in [0.05, 0.1) is 15.7 Å². The number of nitrogens with one attached hydrogen (secondary N) is 1. The third kappa shape index (κ3) is 4.79. The van der Waals surface area contributed by atoms with E-state index in [1.807, 2.05) is 22.8 Å². The van der Waals surface area contributed by atoms with Gasteiger partial charge in [0.1, 0.15) is 5.82 Å². The average molecular weight is 530 g/mol. The molecule has 5 rings (SSSR count). The molecule has 0 aliphatic carbocycles. The summed E-state index contributed by atoms with van der Waals surface area (Å²) in [5, 5.41) is 27.8. The Hall–Kier alpha value is -3.66. The maximum Gasteiger partial charge on any atom is 0.251 e. The summed E-state index contributed by atoms with van der Waals surface area (Å²) in [6.07, 6.45) is 0.713. The predicted octanol–water partition coefficient (Wildman–Crippen LogP) is 5.12. The highest BCUT2D eigenvalue weighted by molar-refractivity contribution is 6.36. The molecule has 0 amide bonds. The van der Waals surface area contributed by atoms with Crippen molar-refractivity contribution in [3.8, 4) is 34.4 Å². The summed E-state index contributed by atoms with van der Waals surface area (Å²) in [5.41, 5.74) is 1.15. The van der Waals surface area contributed by atoms with Gasteiger partial charge in [0.2, 0.25) is 11.8 Å². The van der Waals surface area contributed by atoms with Gasteiger partial charge in [-0.2, -0.15) is 0 Å². The highest BCUT2D eigenvalue weighted by Gasteiger charge is 2.20. The van der Waals surface area contributed by atoms with Crippen molar-refractivity contribution in [1.29, 1.82) is 0 Å². The van der Waals surface area contributed by atoms with Crippen molar-refractivity contribution < 1.29 is 9.52 Å². The quantitative estimate of drug-likeness (QED) is 0.313. The lowest BCUT2D eigenvalue weighted by Gasteiger charge is -2.13. The fraction of sp³-hybridized carbons (Fsp3) is 0.0870. The first-order valence-corrected chi connectivity index (χ1v) is 11.4. The Balaban J connectivity index is 1.49. The molecule has 0 spiro atoms. The molecule has 12 heteroatoms. The van der Waals surface area contributed by atoms with Gasteiger partial charge in [-0.05, 0) is 30.3 Å². The summed E-state index contributed by atoms with van der Waals surface area (Å²) < 4.78 is 7.51. The van der Waals surface area contributed by atoms with Crippen LogP contribution in [0.3, 0.4) is 0 Å². The van der Waals surface area contributed by atoms with Crippen LogP contribution in [0, 0.1) is 0 Å². The Kier molecular flexibility index (Phi) is 6.29. The number of halogens is 3. The van der Waals surface area contributed by atoms with Crippen molar-refractivity contribution in [2.24, 2.45) is 0 Å². The molecule has 0 bridgehead atoms. The molecule has 0 aliphatic heterocycles. The standard InChI is InChI=1S/C23H15Cl3N6O3/c24-13-5-6-14(16(26)11-13)22-30-28-18(32(22)17-4-2-1-3-15(17)25)7-8-21-29-31-23(35-21)12-9-19(33)27-20(34)10-12/h1-6,9-11H,7-8H2,(H2,27,33,34). The maximum atomic E-state index is 11.6. The fourth-order valence-electron chi connectivity index (χ4n) is 3.55. The molecule has 5 aromatic rings. The van der Waals surface area contributed by atoms with Crippen LogP contribution in [-0.4, -0.2) is 35.1 Å². The molecule has 3 aromatic heterocycles. The molecule has 0 radical (unpaired) electrons. The van der Waals surface area contributed by atoms with Crippen molar-refractivity contribution >= 4 is 34.8 Å². The van der Waals surface area contributed by atoms with E-state index >= 15 is 0 Å². The minimum atomic E-state index is -0.485. The van der Waals surface area contributed by atoms with Crippen LogP contribution >= 0.6 is 34.8 Å². The molecule has 176 valence electrons. The largest absolute Gasteiger partial charge is 0.494 e. The SMILES string of the molecule is O=c1cc(-c2nnc(CCc3nnc(-c4ccc(Cl)cc4Cl)n3-c3ccccc3Cl)o2)cc(O)[nH]1. The summed E-state index contributed by atoms with van der Waals surface area (Å²) in [4.78, 5) is 13.9. The van der Waals surface area contributed by atoms with Crippen LogP contribution in [0.4, 0.5) is 0 Å². The second-order valence-electron chi connectivity index (χ2n) is 7.47. The number of para-hydroxylation sites is 1. The number of aromatic amines is 1. The number of aromatic hydroxyl groups is 1. The summed E-state index contributed by atoms with van der Waals surface area (Å²) in [6, 6.07) is 15.0. The Morgan fingerprint density at radius 3 is 2.51 bits per heavy atom. The monoisotopic (exact) mass is 528 g/mol. The fourth-order valence-corrected chi connectivity index (χ4v) is 4.27. The Morgan fingerprint density at radius 1 is 0.914 bits per heavy atom. The first kappa shape index (κ1) is 23.1. The minimum Gasteiger partial charge on any atom is -0.494 e. The van der Waals surface area contributed by atoms with E-state index < -0.39 is 5.56 Å². The van der Waals surface area contributed by atoms with Gasteiger partial charge in [-0.25, -0.2) is 0 Å². The van der Waals surface area contributed by atoms with Crippen molar-refractivity contribution in [2.45, 2.75) is 12.8 Å². The van der Waals surface area contributed by atoms with Gasteiger partial charge < -0.3 is 9.52 Å². The zero-order valence-corrected chi connectivity index (χ0v) is 20.0. The summed E-state index contributed by atoms with van der Waals surface area (Å²) in [6.45, 7) is 0. The van der Waals surface area contributed by atoms with Gasteiger partial charge in [-0.1, -0.05) is 46.9 Å². The third-order valence-corrected chi connectivity index (χ3v) is 5.97. The van der Waals surface area contributed by atoms with E-state index in [-0.39, 0.29) is 11.8 Å². The average Bonchev–Trinajstić information content (AvgIpc) is 3.45. The van der Waals surface area contributed by atoms with Crippen molar-refractivity contribution in [3.63, 3.8) is 0 Å². The molecule has 0 saturated carbocycles. The molecule has 0 unspecified atom stereocenters. The van der Waals surface area contributed by atoms with E-state index in [9.17, 15) is 9.90 Å². The van der Waals surface area contributed by atoms with Crippen molar-refractivity contribution in [2.75, 3.05) is 0 Å². The first-order valence-electron chi connectivity index (χ1n) is 10.3. The van der Waals surface area contributed by atoms with Crippen LogP contribution in [0.2, 0.25) is 15.1 Å². The maximum absolute atomic E-state index is 11.6. The van der Waals surface area contributed by atoms with E-state index in [1.165, 1.54) is 12.1 Å². The molecule has 2 aromatic carbocycles. The number of H-pyrrole nitrogens is 1. The number of hydrogen-bond acceptors (Lipinski definition) is 7. The molecule has 2 N–H and O–H groups in total. The van der Waals surface area contributed by atoms with Gasteiger partial charge in [0.25, 0.3) is 5.56 Å². The summed E-state index contributed by atoms with van der Waals surface area (Å²) in [5.74, 6) is 1.23. The number of nitrogens with zero attached hydrogens (tertiary/aromatic N) is 5. The van der Waals surface area contributed by atoms with E-state index in [4.69, 9.17) is 39.2 Å². The van der Waals surface area contributed by atoms with Gasteiger partial charge >= 0.3 is 0 Å². The summed E-state index contributed by atoms with van der Waals surface area (Å²) in [7, 11) is 0. The molecule has 0 aliphatic rings. The van der Waals surface area contributed by atoms with Crippen LogP contribution in [-0.2, 0) is 12.8 Å². The molecule has 9 nitrogen and oxygen atoms in total. The molecule has 0 fully saturated rings. The highest BCUT2D eigenvalue weighted by atomic mass is 35.5. The number of hydrogen-bond donors (Lipinski definition) is 2. The second-order valence-corrected chi connectivity index (χ2v) is 8.72. The summed E-state index contributed by atoms with van der Waals surface area (Å²) >= 11 is 19.0. The van der Waals surface area contributed by atoms with E-state index in [2.05, 4.69) is 25.4 Å². The smallest absolute Gasteiger partial charge is 0.251 e. The molecule has 35 heavy (non-hydrogen) atoms. The van der Waals surface area contributed by atoms with E-state index in [0.29, 0.717) is 62.3 Å². The van der Waals surface area contributed by atoms with E-state index in [1.54, 1.807) is 24.3 Å². The topological polar surface area (TPSA) is 123 Å². The predicted molar refractivity (Wildman–Crippen MR) is 131 cm³/mol. The molecular weight excluding hydrogens is 515 g/mol. The third-order valence-electron chi connectivity index (χ3n) is 5.10. The van der Waals surface area contributed by atoms with Crippen LogP contribution in [0.25, 0.3) is 28.5 Å². The van der Waals surface area contributed by atoms with Gasteiger partial charge in [0, 0.05) is 41.1 Å². The number of aryl methyl sites for hydroxylation is 2. The zero-order valence-electron chi connectivity index (χ0n) is 17.7. The number of benzene rings is 2. The molecule has 3 heterocycles. The minimum absolute atomic E-state index is 0.114. The number of rotatable bonds is 6. The lowest BCUT2D eigenvalue weighted by Crippen LogP contribution is -2.06.